The Kier molecular flexibility index (Phi) is 9.26. The molecular weight excluding hydrogens is 465 g/mol. The van der Waals surface area contributed by atoms with Crippen LogP contribution in [-0.4, -0.2) is 28.1 Å². The number of piperidine rings is 1. The van der Waals surface area contributed by atoms with Gasteiger partial charge in [0, 0.05) is 22.0 Å². The number of carbonyl (C=O) groups is 1. The summed E-state index contributed by atoms with van der Waals surface area (Å²) in [5.41, 5.74) is 1.67. The van der Waals surface area contributed by atoms with Crippen LogP contribution in [0, 0.1) is 5.41 Å². The minimum absolute atomic E-state index is 0.0676. The lowest BCUT2D eigenvalue weighted by molar-refractivity contribution is -0.154. The molecule has 5 heteroatoms. The van der Waals surface area contributed by atoms with Gasteiger partial charge >= 0.3 is 0 Å². The molecule has 34 heavy (non-hydrogen) atoms. The van der Waals surface area contributed by atoms with E-state index in [1.807, 2.05) is 55.5 Å². The number of hydrogen-bond donors (Lipinski definition) is 1. The summed E-state index contributed by atoms with van der Waals surface area (Å²) in [4.78, 5) is 16.3. The summed E-state index contributed by atoms with van der Waals surface area (Å²) >= 11 is 12.7. The predicted molar refractivity (Wildman–Crippen MR) is 142 cm³/mol. The molecule has 1 aliphatic heterocycles. The number of benzene rings is 2. The molecule has 2 aromatic rings. The van der Waals surface area contributed by atoms with Gasteiger partial charge in [0.1, 0.15) is 0 Å². The molecular formula is C29H37Cl2NO2. The molecule has 3 nitrogen and oxygen atoms in total. The van der Waals surface area contributed by atoms with Crippen LogP contribution in [-0.2, 0) is 4.79 Å². The molecule has 184 valence electrons. The Morgan fingerprint density at radius 3 is 2.44 bits per heavy atom. The Labute approximate surface area is 214 Å². The standard InChI is InChI=1S/C29H37Cl2NO2/c1-5-17-29(4)19-26(22-10-8-11-24(31)18-22)27(21-13-15-23(30)16-14-21)32(28(29)34)25(6-2)12-7-9-20(3)33/h5,8,10-11,13-16,18,20,25-27,33H,1,6-7,9,12,17,19H2,2-4H3/t20?,25-,26+,27?,29-/m0/s1. The molecule has 1 saturated heterocycles. The number of nitrogens with zero attached hydrogens (tertiary/aromatic N) is 1. The maximum absolute atomic E-state index is 14.2. The molecule has 3 rings (SSSR count). The van der Waals surface area contributed by atoms with Gasteiger partial charge in [0.15, 0.2) is 0 Å². The van der Waals surface area contributed by atoms with Crippen LogP contribution in [0.1, 0.15) is 82.4 Å². The third kappa shape index (κ3) is 6.05. The molecule has 0 bridgehead atoms. The van der Waals surface area contributed by atoms with Crippen molar-refractivity contribution in [3.63, 3.8) is 0 Å². The average Bonchev–Trinajstić information content (AvgIpc) is 2.79. The minimum atomic E-state index is -0.546. The summed E-state index contributed by atoms with van der Waals surface area (Å²) in [7, 11) is 0. The molecule has 1 aliphatic rings. The highest BCUT2D eigenvalue weighted by molar-refractivity contribution is 6.30. The van der Waals surface area contributed by atoms with Crippen LogP contribution in [0.3, 0.4) is 0 Å². The van der Waals surface area contributed by atoms with Crippen LogP contribution in [0.4, 0.5) is 0 Å². The second kappa shape index (κ2) is 11.7. The van der Waals surface area contributed by atoms with E-state index < -0.39 is 5.41 Å². The second-order valence-corrected chi connectivity index (χ2v) is 10.8. The first-order valence-electron chi connectivity index (χ1n) is 12.3. The molecule has 1 N–H and O–H groups in total. The van der Waals surface area contributed by atoms with Gasteiger partial charge in [-0.05, 0) is 80.8 Å². The predicted octanol–water partition coefficient (Wildman–Crippen LogP) is 7.96. The molecule has 2 aromatic carbocycles. The van der Waals surface area contributed by atoms with E-state index in [1.54, 1.807) is 0 Å². The van der Waals surface area contributed by atoms with Gasteiger partial charge in [-0.25, -0.2) is 0 Å². The van der Waals surface area contributed by atoms with Crippen LogP contribution in [0.25, 0.3) is 0 Å². The van der Waals surface area contributed by atoms with Gasteiger partial charge in [0.25, 0.3) is 0 Å². The molecule has 0 aliphatic carbocycles. The lowest BCUT2D eigenvalue weighted by Crippen LogP contribution is -2.55. The quantitative estimate of drug-likeness (QED) is 0.335. The molecule has 1 amide bonds. The van der Waals surface area contributed by atoms with E-state index in [0.717, 1.165) is 36.8 Å². The molecule has 5 atom stereocenters. The largest absolute Gasteiger partial charge is 0.393 e. The topological polar surface area (TPSA) is 40.5 Å². The fourth-order valence-electron chi connectivity index (χ4n) is 5.48. The summed E-state index contributed by atoms with van der Waals surface area (Å²) in [5.74, 6) is 0.253. The normalized spacial score (nSPS) is 24.6. The van der Waals surface area contributed by atoms with Gasteiger partial charge in [0.2, 0.25) is 5.91 Å². The minimum Gasteiger partial charge on any atom is -0.393 e. The number of likely N-dealkylation sites (tertiary alicyclic amines) is 1. The van der Waals surface area contributed by atoms with Crippen molar-refractivity contribution >= 4 is 29.1 Å². The number of amides is 1. The van der Waals surface area contributed by atoms with E-state index in [4.69, 9.17) is 23.2 Å². The number of aliphatic hydroxyl groups excluding tert-OH is 1. The van der Waals surface area contributed by atoms with Crippen molar-refractivity contribution in [1.29, 1.82) is 0 Å². The molecule has 1 fully saturated rings. The lowest BCUT2D eigenvalue weighted by atomic mass is 9.67. The Morgan fingerprint density at radius 2 is 1.85 bits per heavy atom. The van der Waals surface area contributed by atoms with Gasteiger partial charge in [-0.3, -0.25) is 4.79 Å². The smallest absolute Gasteiger partial charge is 0.229 e. The lowest BCUT2D eigenvalue weighted by Gasteiger charge is -2.52. The first-order chi connectivity index (χ1) is 16.2. The Bertz CT molecular complexity index is 974. The van der Waals surface area contributed by atoms with Gasteiger partial charge in [-0.2, -0.15) is 0 Å². The molecule has 0 saturated carbocycles. The van der Waals surface area contributed by atoms with Gasteiger partial charge < -0.3 is 10.0 Å². The van der Waals surface area contributed by atoms with Gasteiger partial charge in [0.05, 0.1) is 17.6 Å². The van der Waals surface area contributed by atoms with Crippen molar-refractivity contribution in [2.75, 3.05) is 0 Å². The zero-order valence-corrected chi connectivity index (χ0v) is 22.0. The van der Waals surface area contributed by atoms with E-state index in [0.29, 0.717) is 22.9 Å². The van der Waals surface area contributed by atoms with Crippen LogP contribution in [0.15, 0.2) is 61.2 Å². The highest BCUT2D eigenvalue weighted by atomic mass is 35.5. The SMILES string of the molecule is C=CC[C@@]1(C)C[C@H](c2cccc(Cl)c2)C(c2ccc(Cl)cc2)N([C@@H](CC)CCCC(C)O)C1=O. The summed E-state index contributed by atoms with van der Waals surface area (Å²) in [5, 5.41) is 11.2. The molecule has 1 heterocycles. The monoisotopic (exact) mass is 501 g/mol. The van der Waals surface area contributed by atoms with Gasteiger partial charge in [-0.15, -0.1) is 6.58 Å². The molecule has 0 radical (unpaired) electrons. The number of carbonyl (C=O) groups excluding carboxylic acids is 1. The zero-order valence-electron chi connectivity index (χ0n) is 20.5. The van der Waals surface area contributed by atoms with E-state index in [1.165, 1.54) is 0 Å². The molecule has 2 unspecified atom stereocenters. The second-order valence-electron chi connectivity index (χ2n) is 9.97. The highest BCUT2D eigenvalue weighted by Crippen LogP contribution is 2.52. The summed E-state index contributed by atoms with van der Waals surface area (Å²) < 4.78 is 0. The van der Waals surface area contributed by atoms with Crippen LogP contribution < -0.4 is 0 Å². The third-order valence-electron chi connectivity index (χ3n) is 7.21. The van der Waals surface area contributed by atoms with Crippen LogP contribution in [0.5, 0.6) is 0 Å². The number of rotatable bonds is 10. The number of aliphatic hydroxyl groups is 1. The number of allylic oxidation sites excluding steroid dienone is 1. The Morgan fingerprint density at radius 1 is 1.15 bits per heavy atom. The van der Waals surface area contributed by atoms with E-state index in [-0.39, 0.29) is 30.0 Å². The Hall–Kier alpha value is -1.81. The first-order valence-corrected chi connectivity index (χ1v) is 13.1. The van der Waals surface area contributed by atoms with Crippen molar-refractivity contribution in [3.05, 3.63) is 82.4 Å². The van der Waals surface area contributed by atoms with E-state index >= 15 is 0 Å². The fraction of sp³-hybridized carbons (Fsp3) is 0.483. The first kappa shape index (κ1) is 26.8. The maximum Gasteiger partial charge on any atom is 0.229 e. The Balaban J connectivity index is 2.15. The van der Waals surface area contributed by atoms with Crippen molar-refractivity contribution < 1.29 is 9.90 Å². The fourth-order valence-corrected chi connectivity index (χ4v) is 5.80. The van der Waals surface area contributed by atoms with Crippen molar-refractivity contribution in [2.24, 2.45) is 5.41 Å². The summed E-state index contributed by atoms with van der Waals surface area (Å²) in [6, 6.07) is 15.9. The van der Waals surface area contributed by atoms with Crippen LogP contribution >= 0.6 is 23.2 Å². The maximum atomic E-state index is 14.2. The van der Waals surface area contributed by atoms with Gasteiger partial charge in [-0.1, -0.05) is 67.4 Å². The van der Waals surface area contributed by atoms with Crippen molar-refractivity contribution in [1.82, 2.24) is 4.90 Å². The van der Waals surface area contributed by atoms with Crippen LogP contribution in [0.2, 0.25) is 10.0 Å². The van der Waals surface area contributed by atoms with Crippen molar-refractivity contribution in [2.45, 2.75) is 83.4 Å². The number of hydrogen-bond acceptors (Lipinski definition) is 2. The number of halogens is 2. The van der Waals surface area contributed by atoms with E-state index in [2.05, 4.69) is 31.4 Å². The molecule has 0 spiro atoms. The van der Waals surface area contributed by atoms with Crippen molar-refractivity contribution in [3.8, 4) is 0 Å². The average molecular weight is 503 g/mol. The molecule has 0 aromatic heterocycles. The summed E-state index contributed by atoms with van der Waals surface area (Å²) in [6.45, 7) is 9.99. The summed E-state index contributed by atoms with van der Waals surface area (Å²) in [6.07, 6.45) is 6.16. The van der Waals surface area contributed by atoms with E-state index in [9.17, 15) is 9.90 Å². The zero-order chi connectivity index (χ0) is 24.9. The highest BCUT2D eigenvalue weighted by Gasteiger charge is 2.50. The third-order valence-corrected chi connectivity index (χ3v) is 7.70.